The van der Waals surface area contributed by atoms with Gasteiger partial charge in [-0.25, -0.2) is 0 Å². The van der Waals surface area contributed by atoms with Crippen molar-refractivity contribution in [3.8, 4) is 0 Å². The average molecular weight is 254 g/mol. The van der Waals surface area contributed by atoms with Crippen LogP contribution in [0.3, 0.4) is 0 Å². The number of Topliss-reactive ketones (excluding diaryl/α,β-unsaturated/α-hetero) is 1. The molecule has 3 heteroatoms. The lowest BCUT2D eigenvalue weighted by Crippen LogP contribution is -2.12. The van der Waals surface area contributed by atoms with E-state index < -0.39 is 0 Å². The van der Waals surface area contributed by atoms with Gasteiger partial charge in [0.2, 0.25) is 0 Å². The lowest BCUT2D eigenvalue weighted by Gasteiger charge is -2.15. The number of furan rings is 2. The Bertz CT molecular complexity index is 559. The van der Waals surface area contributed by atoms with Crippen LogP contribution in [-0.2, 0) is 4.79 Å². The number of hydrogen-bond donors (Lipinski definition) is 0. The van der Waals surface area contributed by atoms with E-state index in [2.05, 4.69) is 0 Å². The van der Waals surface area contributed by atoms with Crippen LogP contribution >= 0.6 is 0 Å². The first kappa shape index (κ1) is 11.8. The zero-order chi connectivity index (χ0) is 13.1. The quantitative estimate of drug-likeness (QED) is 0.758. The van der Waals surface area contributed by atoms with Gasteiger partial charge in [-0.1, -0.05) is 0 Å². The Morgan fingerprint density at radius 2 is 1.42 bits per heavy atom. The number of carbonyl (C=O) groups excluding carboxylic acids is 1. The summed E-state index contributed by atoms with van der Waals surface area (Å²) in [5, 5.41) is 0. The van der Waals surface area contributed by atoms with E-state index in [1.807, 2.05) is 24.3 Å². The van der Waals surface area contributed by atoms with Crippen LogP contribution in [-0.4, -0.2) is 5.78 Å². The predicted octanol–water partition coefficient (Wildman–Crippen LogP) is 4.09. The molecule has 0 aromatic carbocycles. The highest BCUT2D eigenvalue weighted by Crippen LogP contribution is 2.28. The van der Waals surface area contributed by atoms with Crippen molar-refractivity contribution in [2.45, 2.75) is 19.3 Å². The smallest absolute Gasteiger partial charge is 0.185 e. The Morgan fingerprint density at radius 3 is 1.84 bits per heavy atom. The fraction of sp³-hybridized carbons (Fsp3) is 0.188. The Hall–Kier alpha value is -2.29. The molecule has 1 fully saturated rings. The van der Waals surface area contributed by atoms with Gasteiger partial charge in [-0.05, 0) is 43.5 Å². The molecular formula is C16H14O3. The molecule has 96 valence electrons. The van der Waals surface area contributed by atoms with Crippen molar-refractivity contribution in [1.82, 2.24) is 0 Å². The van der Waals surface area contributed by atoms with E-state index in [-0.39, 0.29) is 5.78 Å². The van der Waals surface area contributed by atoms with Crippen LogP contribution < -0.4 is 0 Å². The standard InChI is InChI=1S/C16H14O3/c17-16-14(8-12-4-6-18-10-12)2-1-3-15(16)9-13-5-7-19-11-13/h4-11H,1-3H2. The third kappa shape index (κ3) is 2.60. The average Bonchev–Trinajstić information content (AvgIpc) is 3.07. The van der Waals surface area contributed by atoms with E-state index in [1.54, 1.807) is 25.1 Å². The minimum Gasteiger partial charge on any atom is -0.472 e. The SMILES string of the molecule is O=C1C(=Cc2ccoc2)CCCC1=Cc1ccoc1. The molecule has 0 unspecified atom stereocenters. The lowest BCUT2D eigenvalue weighted by molar-refractivity contribution is -0.112. The maximum absolute atomic E-state index is 12.4. The minimum atomic E-state index is 0.133. The molecule has 1 saturated carbocycles. The summed E-state index contributed by atoms with van der Waals surface area (Å²) in [6.45, 7) is 0. The van der Waals surface area contributed by atoms with Crippen LogP contribution in [0, 0.1) is 0 Å². The maximum Gasteiger partial charge on any atom is 0.185 e. The molecule has 3 nitrogen and oxygen atoms in total. The van der Waals surface area contributed by atoms with E-state index in [9.17, 15) is 4.79 Å². The third-order valence-electron chi connectivity index (χ3n) is 3.24. The Balaban J connectivity index is 1.87. The number of ketones is 1. The van der Waals surface area contributed by atoms with Crippen molar-refractivity contribution in [3.63, 3.8) is 0 Å². The summed E-state index contributed by atoms with van der Waals surface area (Å²) in [6.07, 6.45) is 13.0. The molecule has 1 aliphatic carbocycles. The van der Waals surface area contributed by atoms with Crippen molar-refractivity contribution in [2.24, 2.45) is 0 Å². The Kier molecular flexibility index (Phi) is 3.19. The molecule has 2 aromatic rings. The number of hydrogen-bond acceptors (Lipinski definition) is 3. The van der Waals surface area contributed by atoms with E-state index in [1.165, 1.54) is 0 Å². The van der Waals surface area contributed by atoms with Gasteiger partial charge in [-0.2, -0.15) is 0 Å². The monoisotopic (exact) mass is 254 g/mol. The molecule has 2 aromatic heterocycles. The Labute approximate surface area is 111 Å². The normalized spacial score (nSPS) is 20.3. The van der Waals surface area contributed by atoms with Crippen LogP contribution in [0.5, 0.6) is 0 Å². The van der Waals surface area contributed by atoms with Crippen molar-refractivity contribution < 1.29 is 13.6 Å². The second-order valence-electron chi connectivity index (χ2n) is 4.64. The molecular weight excluding hydrogens is 240 g/mol. The minimum absolute atomic E-state index is 0.133. The molecule has 0 spiro atoms. The van der Waals surface area contributed by atoms with Gasteiger partial charge in [0.25, 0.3) is 0 Å². The molecule has 0 radical (unpaired) electrons. The summed E-state index contributed by atoms with van der Waals surface area (Å²) >= 11 is 0. The zero-order valence-electron chi connectivity index (χ0n) is 10.5. The van der Waals surface area contributed by atoms with E-state index in [4.69, 9.17) is 8.83 Å². The number of allylic oxidation sites excluding steroid dienone is 2. The second kappa shape index (κ2) is 5.14. The maximum atomic E-state index is 12.4. The zero-order valence-corrected chi connectivity index (χ0v) is 10.5. The van der Waals surface area contributed by atoms with Crippen LogP contribution in [0.1, 0.15) is 30.4 Å². The molecule has 0 saturated heterocycles. The number of carbonyl (C=O) groups is 1. The number of rotatable bonds is 2. The van der Waals surface area contributed by atoms with Gasteiger partial charge >= 0.3 is 0 Å². The molecule has 0 N–H and O–H groups in total. The summed E-state index contributed by atoms with van der Waals surface area (Å²) in [4.78, 5) is 12.4. The van der Waals surface area contributed by atoms with Crippen LogP contribution in [0.25, 0.3) is 12.2 Å². The van der Waals surface area contributed by atoms with Gasteiger partial charge in [-0.15, -0.1) is 0 Å². The molecule has 0 amide bonds. The van der Waals surface area contributed by atoms with Gasteiger partial charge < -0.3 is 8.83 Å². The van der Waals surface area contributed by atoms with Gasteiger partial charge in [0.15, 0.2) is 5.78 Å². The fourth-order valence-corrected chi connectivity index (χ4v) is 2.29. The van der Waals surface area contributed by atoms with Crippen molar-refractivity contribution in [2.75, 3.05) is 0 Å². The third-order valence-corrected chi connectivity index (χ3v) is 3.24. The first-order valence-electron chi connectivity index (χ1n) is 6.33. The van der Waals surface area contributed by atoms with Crippen LogP contribution in [0.2, 0.25) is 0 Å². The molecule has 3 rings (SSSR count). The van der Waals surface area contributed by atoms with E-state index in [0.717, 1.165) is 41.5 Å². The highest BCUT2D eigenvalue weighted by Gasteiger charge is 2.20. The van der Waals surface area contributed by atoms with Crippen molar-refractivity contribution in [1.29, 1.82) is 0 Å². The fourth-order valence-electron chi connectivity index (χ4n) is 2.29. The summed E-state index contributed by atoms with van der Waals surface area (Å²) in [5.41, 5.74) is 3.57. The first-order chi connectivity index (χ1) is 9.33. The summed E-state index contributed by atoms with van der Waals surface area (Å²) in [7, 11) is 0. The Morgan fingerprint density at radius 1 is 0.895 bits per heavy atom. The first-order valence-corrected chi connectivity index (χ1v) is 6.33. The van der Waals surface area contributed by atoms with Crippen LogP contribution in [0.15, 0.2) is 57.2 Å². The highest BCUT2D eigenvalue weighted by atomic mass is 16.3. The summed E-state index contributed by atoms with van der Waals surface area (Å²) in [5.74, 6) is 0.133. The van der Waals surface area contributed by atoms with Gasteiger partial charge in [0.05, 0.1) is 25.1 Å². The summed E-state index contributed by atoms with van der Waals surface area (Å²) < 4.78 is 10.0. The molecule has 2 heterocycles. The molecule has 19 heavy (non-hydrogen) atoms. The predicted molar refractivity (Wildman–Crippen MR) is 72.2 cm³/mol. The second-order valence-corrected chi connectivity index (χ2v) is 4.64. The van der Waals surface area contributed by atoms with Gasteiger partial charge in [0.1, 0.15) is 0 Å². The largest absolute Gasteiger partial charge is 0.472 e. The molecule has 0 aliphatic heterocycles. The lowest BCUT2D eigenvalue weighted by atomic mass is 9.87. The van der Waals surface area contributed by atoms with Crippen molar-refractivity contribution in [3.05, 3.63) is 59.5 Å². The van der Waals surface area contributed by atoms with Crippen molar-refractivity contribution >= 4 is 17.9 Å². The molecule has 1 aliphatic rings. The van der Waals surface area contributed by atoms with E-state index in [0.29, 0.717) is 0 Å². The van der Waals surface area contributed by atoms with Gasteiger partial charge in [-0.3, -0.25) is 4.79 Å². The summed E-state index contributed by atoms with van der Waals surface area (Å²) in [6, 6.07) is 3.71. The molecule has 0 bridgehead atoms. The highest BCUT2D eigenvalue weighted by molar-refractivity contribution is 6.13. The van der Waals surface area contributed by atoms with E-state index >= 15 is 0 Å². The molecule has 0 atom stereocenters. The van der Waals surface area contributed by atoms with Crippen LogP contribution in [0.4, 0.5) is 0 Å². The van der Waals surface area contributed by atoms with Gasteiger partial charge in [0, 0.05) is 22.3 Å². The topological polar surface area (TPSA) is 43.4 Å².